The van der Waals surface area contributed by atoms with E-state index in [9.17, 15) is 9.90 Å². The second-order valence-electron chi connectivity index (χ2n) is 4.53. The SMILES string of the molecule is O=C(O)c1nc(C2CCC2)sc1-c1ccccc1. The molecule has 0 saturated heterocycles. The number of benzene rings is 1. The zero-order valence-electron chi connectivity index (χ0n) is 9.80. The molecule has 1 heterocycles. The van der Waals surface area contributed by atoms with E-state index in [1.165, 1.54) is 17.8 Å². The Labute approximate surface area is 109 Å². The maximum absolute atomic E-state index is 11.3. The molecule has 1 aromatic carbocycles. The van der Waals surface area contributed by atoms with Crippen LogP contribution < -0.4 is 0 Å². The summed E-state index contributed by atoms with van der Waals surface area (Å²) >= 11 is 1.53. The molecule has 1 aliphatic carbocycles. The van der Waals surface area contributed by atoms with Crippen molar-refractivity contribution in [1.82, 2.24) is 4.98 Å². The molecule has 1 aliphatic rings. The molecule has 0 atom stereocenters. The average molecular weight is 259 g/mol. The first-order chi connectivity index (χ1) is 8.75. The Bertz CT molecular complexity index is 573. The van der Waals surface area contributed by atoms with Gasteiger partial charge in [-0.15, -0.1) is 11.3 Å². The maximum Gasteiger partial charge on any atom is 0.356 e. The fourth-order valence-electron chi connectivity index (χ4n) is 2.10. The van der Waals surface area contributed by atoms with E-state index in [0.717, 1.165) is 28.3 Å². The number of thiazole rings is 1. The van der Waals surface area contributed by atoms with Gasteiger partial charge in [-0.05, 0) is 18.4 Å². The molecule has 3 rings (SSSR count). The molecule has 1 fully saturated rings. The highest BCUT2D eigenvalue weighted by atomic mass is 32.1. The van der Waals surface area contributed by atoms with Gasteiger partial charge >= 0.3 is 5.97 Å². The smallest absolute Gasteiger partial charge is 0.356 e. The maximum atomic E-state index is 11.3. The zero-order chi connectivity index (χ0) is 12.5. The van der Waals surface area contributed by atoms with E-state index < -0.39 is 5.97 Å². The molecular formula is C14H13NO2S. The summed E-state index contributed by atoms with van der Waals surface area (Å²) in [5, 5.41) is 10.2. The number of hydrogen-bond acceptors (Lipinski definition) is 3. The van der Waals surface area contributed by atoms with E-state index in [2.05, 4.69) is 4.98 Å². The Morgan fingerprint density at radius 1 is 1.28 bits per heavy atom. The minimum Gasteiger partial charge on any atom is -0.476 e. The summed E-state index contributed by atoms with van der Waals surface area (Å²) in [5.41, 5.74) is 1.14. The van der Waals surface area contributed by atoms with Crippen molar-refractivity contribution in [1.29, 1.82) is 0 Å². The lowest BCUT2D eigenvalue weighted by Gasteiger charge is -2.22. The summed E-state index contributed by atoms with van der Waals surface area (Å²) in [4.78, 5) is 16.4. The molecule has 0 unspecified atom stereocenters. The number of carboxylic acids is 1. The topological polar surface area (TPSA) is 50.2 Å². The summed E-state index contributed by atoms with van der Waals surface area (Å²) in [7, 11) is 0. The molecule has 1 N–H and O–H groups in total. The monoisotopic (exact) mass is 259 g/mol. The molecule has 0 bridgehead atoms. The predicted molar refractivity (Wildman–Crippen MR) is 71.1 cm³/mol. The zero-order valence-corrected chi connectivity index (χ0v) is 10.6. The van der Waals surface area contributed by atoms with Crippen molar-refractivity contribution in [3.05, 3.63) is 41.0 Å². The molecule has 0 amide bonds. The van der Waals surface area contributed by atoms with Gasteiger partial charge in [0.2, 0.25) is 0 Å². The average Bonchev–Trinajstić information content (AvgIpc) is 2.73. The van der Waals surface area contributed by atoms with Gasteiger partial charge in [-0.2, -0.15) is 0 Å². The third-order valence-electron chi connectivity index (χ3n) is 3.34. The Morgan fingerprint density at radius 2 is 2.00 bits per heavy atom. The molecule has 18 heavy (non-hydrogen) atoms. The molecule has 4 heteroatoms. The second-order valence-corrected chi connectivity index (χ2v) is 5.56. The molecule has 2 aromatic rings. The molecule has 1 aromatic heterocycles. The molecular weight excluding hydrogens is 246 g/mol. The summed E-state index contributed by atoms with van der Waals surface area (Å²) in [5.74, 6) is -0.457. The number of carboxylic acid groups (broad SMARTS) is 1. The van der Waals surface area contributed by atoms with E-state index in [0.29, 0.717) is 5.92 Å². The van der Waals surface area contributed by atoms with Gasteiger partial charge in [-0.25, -0.2) is 9.78 Å². The first-order valence-electron chi connectivity index (χ1n) is 6.05. The molecule has 3 nitrogen and oxygen atoms in total. The van der Waals surface area contributed by atoms with E-state index >= 15 is 0 Å². The van der Waals surface area contributed by atoms with Crippen molar-refractivity contribution in [3.8, 4) is 10.4 Å². The number of nitrogens with zero attached hydrogens (tertiary/aromatic N) is 1. The predicted octanol–water partition coefficient (Wildman–Crippen LogP) is 3.78. The van der Waals surface area contributed by atoms with E-state index in [1.807, 2.05) is 30.3 Å². The van der Waals surface area contributed by atoms with Crippen LogP contribution in [0.2, 0.25) is 0 Å². The van der Waals surface area contributed by atoms with Crippen molar-refractivity contribution >= 4 is 17.3 Å². The molecule has 0 spiro atoms. The molecule has 1 saturated carbocycles. The number of aromatic nitrogens is 1. The van der Waals surface area contributed by atoms with Crippen molar-refractivity contribution < 1.29 is 9.90 Å². The van der Waals surface area contributed by atoms with E-state index in [-0.39, 0.29) is 5.69 Å². The van der Waals surface area contributed by atoms with Crippen molar-refractivity contribution in [2.45, 2.75) is 25.2 Å². The minimum atomic E-state index is -0.935. The minimum absolute atomic E-state index is 0.202. The van der Waals surface area contributed by atoms with Crippen LogP contribution in [0.4, 0.5) is 0 Å². The van der Waals surface area contributed by atoms with Gasteiger partial charge in [-0.3, -0.25) is 0 Å². The van der Waals surface area contributed by atoms with Crippen LogP contribution in [0.25, 0.3) is 10.4 Å². The standard InChI is InChI=1S/C14H13NO2S/c16-14(17)11-12(9-5-2-1-3-6-9)18-13(15-11)10-7-4-8-10/h1-3,5-6,10H,4,7-8H2,(H,16,17). The van der Waals surface area contributed by atoms with Crippen LogP contribution in [0.3, 0.4) is 0 Å². The third kappa shape index (κ3) is 1.93. The fourth-order valence-corrected chi connectivity index (χ4v) is 3.33. The Kier molecular flexibility index (Phi) is 2.88. The molecule has 0 radical (unpaired) electrons. The van der Waals surface area contributed by atoms with Gasteiger partial charge in [0.15, 0.2) is 5.69 Å². The second kappa shape index (κ2) is 4.53. The van der Waals surface area contributed by atoms with Crippen molar-refractivity contribution in [2.75, 3.05) is 0 Å². The van der Waals surface area contributed by atoms with Crippen LogP contribution in [-0.2, 0) is 0 Å². The summed E-state index contributed by atoms with van der Waals surface area (Å²) in [6, 6.07) is 9.64. The summed E-state index contributed by atoms with van der Waals surface area (Å²) < 4.78 is 0. The largest absolute Gasteiger partial charge is 0.476 e. The van der Waals surface area contributed by atoms with Gasteiger partial charge < -0.3 is 5.11 Å². The fraction of sp³-hybridized carbons (Fsp3) is 0.286. The molecule has 0 aliphatic heterocycles. The lowest BCUT2D eigenvalue weighted by Crippen LogP contribution is -2.09. The number of rotatable bonds is 3. The Morgan fingerprint density at radius 3 is 2.56 bits per heavy atom. The van der Waals surface area contributed by atoms with Crippen molar-refractivity contribution in [3.63, 3.8) is 0 Å². The van der Waals surface area contributed by atoms with Crippen molar-refractivity contribution in [2.24, 2.45) is 0 Å². The van der Waals surface area contributed by atoms with Gasteiger partial charge in [0.25, 0.3) is 0 Å². The highest BCUT2D eigenvalue weighted by molar-refractivity contribution is 7.15. The van der Waals surface area contributed by atoms with Gasteiger partial charge in [0.1, 0.15) is 0 Å². The van der Waals surface area contributed by atoms with E-state index in [1.54, 1.807) is 0 Å². The first kappa shape index (κ1) is 11.4. The van der Waals surface area contributed by atoms with Crippen LogP contribution in [0.15, 0.2) is 30.3 Å². The first-order valence-corrected chi connectivity index (χ1v) is 6.87. The lowest BCUT2D eigenvalue weighted by molar-refractivity contribution is 0.0692. The lowest BCUT2D eigenvalue weighted by atomic mass is 9.86. The van der Waals surface area contributed by atoms with Crippen LogP contribution in [0, 0.1) is 0 Å². The normalized spacial score (nSPS) is 15.3. The third-order valence-corrected chi connectivity index (χ3v) is 4.60. The summed E-state index contributed by atoms with van der Waals surface area (Å²) in [6.45, 7) is 0. The van der Waals surface area contributed by atoms with Crippen LogP contribution >= 0.6 is 11.3 Å². The van der Waals surface area contributed by atoms with Gasteiger partial charge in [-0.1, -0.05) is 36.8 Å². The summed E-state index contributed by atoms with van der Waals surface area (Å²) in [6.07, 6.45) is 3.51. The number of hydrogen-bond donors (Lipinski definition) is 1. The molecule has 92 valence electrons. The Hall–Kier alpha value is -1.68. The van der Waals surface area contributed by atoms with Crippen LogP contribution in [0.1, 0.15) is 40.7 Å². The number of aromatic carboxylic acids is 1. The van der Waals surface area contributed by atoms with Gasteiger partial charge in [0, 0.05) is 5.92 Å². The highest BCUT2D eigenvalue weighted by Gasteiger charge is 2.27. The van der Waals surface area contributed by atoms with Crippen LogP contribution in [0.5, 0.6) is 0 Å². The number of carbonyl (C=O) groups is 1. The quantitative estimate of drug-likeness (QED) is 0.912. The van der Waals surface area contributed by atoms with Crippen LogP contribution in [-0.4, -0.2) is 16.1 Å². The highest BCUT2D eigenvalue weighted by Crippen LogP contribution is 2.41. The van der Waals surface area contributed by atoms with E-state index in [4.69, 9.17) is 0 Å². The Balaban J connectivity index is 2.06. The van der Waals surface area contributed by atoms with Gasteiger partial charge in [0.05, 0.1) is 9.88 Å².